The lowest BCUT2D eigenvalue weighted by atomic mass is 9.90. The van der Waals surface area contributed by atoms with Crippen molar-refractivity contribution in [2.75, 3.05) is 11.9 Å². The molecule has 2 amide bonds. The normalized spacial score (nSPS) is 19.4. The van der Waals surface area contributed by atoms with E-state index in [0.29, 0.717) is 36.5 Å². The molecule has 1 saturated heterocycles. The molecular weight excluding hydrogens is 663 g/mol. The molecule has 7 rings (SSSR count). The molecule has 0 aliphatic carbocycles. The van der Waals surface area contributed by atoms with Crippen LogP contribution in [0.2, 0.25) is 5.02 Å². The Morgan fingerprint density at radius 2 is 1.92 bits per heavy atom. The number of rotatable bonds is 5. The standard InChI is InChI=1S/C32H24ClF5N6O4/c1-43-28(23-7-8-39-44(23)24-4-2-3-9-48-24)19-14-22(40-29(45)15-10-16(32(36,37)38)12-18(35)11-15)26-25(27(19)42-43)30(46)41-31(26,47)20-13-17(34)5-6-21(20)33/h5-8,10-14,24,47H,2-4,9H2,1H3,(H,40,45)(H,41,46). The number of hydrogen-bond donors (Lipinski definition) is 3. The highest BCUT2D eigenvalue weighted by Gasteiger charge is 2.48. The van der Waals surface area contributed by atoms with Crippen molar-refractivity contribution >= 4 is 40.0 Å². The second-order valence-corrected chi connectivity index (χ2v) is 11.9. The summed E-state index contributed by atoms with van der Waals surface area (Å²) in [6, 6.07) is 7.48. The van der Waals surface area contributed by atoms with Gasteiger partial charge in [0.1, 0.15) is 17.2 Å². The van der Waals surface area contributed by atoms with Crippen molar-refractivity contribution in [2.45, 2.75) is 37.4 Å². The topological polar surface area (TPSA) is 123 Å². The van der Waals surface area contributed by atoms with Gasteiger partial charge < -0.3 is 20.5 Å². The van der Waals surface area contributed by atoms with E-state index in [4.69, 9.17) is 16.3 Å². The lowest BCUT2D eigenvalue weighted by Gasteiger charge is -2.27. The van der Waals surface area contributed by atoms with E-state index in [1.165, 1.54) is 10.7 Å². The summed E-state index contributed by atoms with van der Waals surface area (Å²) in [5, 5.41) is 26.1. The van der Waals surface area contributed by atoms with Crippen LogP contribution in [0.3, 0.4) is 0 Å². The summed E-state index contributed by atoms with van der Waals surface area (Å²) in [4.78, 5) is 27.3. The Balaban J connectivity index is 1.46. The Morgan fingerprint density at radius 3 is 2.65 bits per heavy atom. The van der Waals surface area contributed by atoms with E-state index in [9.17, 15) is 36.6 Å². The monoisotopic (exact) mass is 686 g/mol. The summed E-state index contributed by atoms with van der Waals surface area (Å²) < 4.78 is 78.4. The zero-order chi connectivity index (χ0) is 34.1. The number of nitrogens with one attached hydrogen (secondary N) is 2. The van der Waals surface area contributed by atoms with Gasteiger partial charge in [0.15, 0.2) is 12.0 Å². The van der Waals surface area contributed by atoms with Crippen LogP contribution in [0.1, 0.15) is 62.9 Å². The first-order chi connectivity index (χ1) is 22.8. The highest BCUT2D eigenvalue weighted by molar-refractivity contribution is 6.31. The van der Waals surface area contributed by atoms with Crippen LogP contribution in [0.5, 0.6) is 0 Å². The minimum Gasteiger partial charge on any atom is -0.363 e. The minimum absolute atomic E-state index is 0.0730. The van der Waals surface area contributed by atoms with Crippen LogP contribution in [-0.4, -0.2) is 43.1 Å². The number of aryl methyl sites for hydroxylation is 1. The van der Waals surface area contributed by atoms with E-state index >= 15 is 0 Å². The van der Waals surface area contributed by atoms with E-state index in [0.717, 1.165) is 31.0 Å². The van der Waals surface area contributed by atoms with Crippen LogP contribution in [0.15, 0.2) is 54.7 Å². The van der Waals surface area contributed by atoms with Gasteiger partial charge in [-0.1, -0.05) is 11.6 Å². The first kappa shape index (κ1) is 31.7. The molecule has 3 N–H and O–H groups in total. The van der Waals surface area contributed by atoms with Gasteiger partial charge >= 0.3 is 6.18 Å². The van der Waals surface area contributed by atoms with Crippen molar-refractivity contribution < 1.29 is 41.4 Å². The van der Waals surface area contributed by atoms with Crippen molar-refractivity contribution in [2.24, 2.45) is 7.05 Å². The zero-order valence-electron chi connectivity index (χ0n) is 24.8. The van der Waals surface area contributed by atoms with Gasteiger partial charge in [0.25, 0.3) is 11.8 Å². The van der Waals surface area contributed by atoms with Crippen LogP contribution >= 0.6 is 11.6 Å². The van der Waals surface area contributed by atoms with Crippen molar-refractivity contribution in [3.8, 4) is 11.4 Å². The fourth-order valence-electron chi connectivity index (χ4n) is 6.32. The fourth-order valence-corrected chi connectivity index (χ4v) is 6.58. The molecule has 248 valence electrons. The number of benzene rings is 3. The first-order valence-electron chi connectivity index (χ1n) is 14.7. The number of carbonyl (C=O) groups is 2. The molecule has 3 aromatic carbocycles. The lowest BCUT2D eigenvalue weighted by molar-refractivity contribution is -0.137. The van der Waals surface area contributed by atoms with E-state index in [-0.39, 0.29) is 44.4 Å². The number of carbonyl (C=O) groups excluding carboxylic acids is 2. The number of alkyl halides is 3. The Labute approximate surface area is 273 Å². The fraction of sp³-hybridized carbons (Fsp3) is 0.250. The summed E-state index contributed by atoms with van der Waals surface area (Å²) in [7, 11) is 1.60. The Morgan fingerprint density at radius 1 is 1.12 bits per heavy atom. The highest BCUT2D eigenvalue weighted by atomic mass is 35.5. The largest absolute Gasteiger partial charge is 0.416 e. The Hall–Kier alpha value is -4.86. The van der Waals surface area contributed by atoms with E-state index in [2.05, 4.69) is 20.8 Å². The van der Waals surface area contributed by atoms with Crippen LogP contribution in [-0.2, 0) is 23.7 Å². The molecule has 2 unspecified atom stereocenters. The van der Waals surface area contributed by atoms with Crippen molar-refractivity contribution in [3.63, 3.8) is 0 Å². The summed E-state index contributed by atoms with van der Waals surface area (Å²) >= 11 is 6.36. The third-order valence-corrected chi connectivity index (χ3v) is 8.74. The number of nitrogens with zero attached hydrogens (tertiary/aromatic N) is 4. The lowest BCUT2D eigenvalue weighted by Crippen LogP contribution is -2.41. The van der Waals surface area contributed by atoms with Gasteiger partial charge in [-0.3, -0.25) is 14.3 Å². The predicted molar refractivity (Wildman–Crippen MR) is 162 cm³/mol. The average molecular weight is 687 g/mol. The maximum atomic E-state index is 14.5. The number of anilines is 1. The number of halogens is 6. The second-order valence-electron chi connectivity index (χ2n) is 11.5. The average Bonchev–Trinajstić information content (AvgIpc) is 3.71. The van der Waals surface area contributed by atoms with Gasteiger partial charge in [0.05, 0.1) is 28.2 Å². The van der Waals surface area contributed by atoms with Crippen molar-refractivity contribution in [3.05, 3.63) is 99.2 Å². The number of aliphatic hydroxyl groups is 1. The van der Waals surface area contributed by atoms with Gasteiger partial charge in [-0.15, -0.1) is 0 Å². The second kappa shape index (κ2) is 11.4. The van der Waals surface area contributed by atoms with Crippen molar-refractivity contribution in [1.82, 2.24) is 24.9 Å². The van der Waals surface area contributed by atoms with Crippen LogP contribution in [0, 0.1) is 11.6 Å². The smallest absolute Gasteiger partial charge is 0.363 e. The Kier molecular flexibility index (Phi) is 7.53. The molecule has 5 aromatic rings. The van der Waals surface area contributed by atoms with Gasteiger partial charge in [0, 0.05) is 47.0 Å². The molecule has 0 saturated carbocycles. The van der Waals surface area contributed by atoms with E-state index in [1.807, 2.05) is 0 Å². The van der Waals surface area contributed by atoms with Crippen LogP contribution < -0.4 is 10.6 Å². The van der Waals surface area contributed by atoms with Crippen LogP contribution in [0.4, 0.5) is 27.6 Å². The highest BCUT2D eigenvalue weighted by Crippen LogP contribution is 2.47. The third kappa shape index (κ3) is 5.18. The molecule has 2 aromatic heterocycles. The number of aromatic nitrogens is 4. The first-order valence-corrected chi connectivity index (χ1v) is 15.0. The zero-order valence-corrected chi connectivity index (χ0v) is 25.6. The van der Waals surface area contributed by atoms with Crippen LogP contribution in [0.25, 0.3) is 22.3 Å². The molecule has 10 nitrogen and oxygen atoms in total. The number of fused-ring (bicyclic) bond motifs is 3. The van der Waals surface area contributed by atoms with Gasteiger partial charge in [0.2, 0.25) is 0 Å². The maximum absolute atomic E-state index is 14.5. The summed E-state index contributed by atoms with van der Waals surface area (Å²) in [6.07, 6.45) is -1.34. The maximum Gasteiger partial charge on any atom is 0.416 e. The molecule has 0 radical (unpaired) electrons. The number of hydrogen-bond acceptors (Lipinski definition) is 6. The quantitative estimate of drug-likeness (QED) is 0.187. The van der Waals surface area contributed by atoms with E-state index in [1.54, 1.807) is 24.0 Å². The molecule has 0 bridgehead atoms. The molecule has 2 aliphatic heterocycles. The predicted octanol–water partition coefficient (Wildman–Crippen LogP) is 6.28. The molecule has 48 heavy (non-hydrogen) atoms. The molecular formula is C32H24ClF5N6O4. The van der Waals surface area contributed by atoms with Gasteiger partial charge in [-0.05, 0) is 67.8 Å². The Bertz CT molecular complexity index is 2140. The summed E-state index contributed by atoms with van der Waals surface area (Å²) in [5.41, 5.74) is -4.69. The third-order valence-electron chi connectivity index (χ3n) is 8.41. The van der Waals surface area contributed by atoms with E-state index < -0.39 is 52.7 Å². The van der Waals surface area contributed by atoms with Crippen molar-refractivity contribution in [1.29, 1.82) is 0 Å². The van der Waals surface area contributed by atoms with Gasteiger partial charge in [-0.2, -0.15) is 23.4 Å². The minimum atomic E-state index is -4.96. The number of amides is 2. The summed E-state index contributed by atoms with van der Waals surface area (Å²) in [5.74, 6) is -4.19. The summed E-state index contributed by atoms with van der Waals surface area (Å²) in [6.45, 7) is 0.525. The molecule has 4 heterocycles. The molecule has 16 heteroatoms. The number of ether oxygens (including phenoxy) is 1. The molecule has 1 fully saturated rings. The molecule has 0 spiro atoms. The SMILES string of the molecule is Cn1nc2c3c(c(NC(=O)c4cc(F)cc(C(F)(F)F)c4)cc2c1-c1ccnn1C1CCCCO1)C(O)(c1cc(F)ccc1Cl)NC3=O. The molecule has 2 atom stereocenters. The molecule has 2 aliphatic rings. The van der Waals surface area contributed by atoms with Gasteiger partial charge in [-0.25, -0.2) is 13.5 Å².